The minimum absolute atomic E-state index is 0.0181. The number of phenolic OH excluding ortho intramolecular Hbond substituents is 1. The van der Waals surface area contributed by atoms with Gasteiger partial charge in [0.25, 0.3) is 11.6 Å². The van der Waals surface area contributed by atoms with Gasteiger partial charge in [0.05, 0.1) is 16.7 Å². The molecule has 0 aliphatic heterocycles. The molecule has 0 bridgehead atoms. The molecule has 1 atom stereocenters. The maximum Gasteiger partial charge on any atom is 0.278 e. The molecule has 1 unspecified atom stereocenters. The first-order valence-electron chi connectivity index (χ1n) is 6.52. The highest BCUT2D eigenvalue weighted by atomic mass is 16.6. The molecule has 2 aromatic rings. The smallest absolute Gasteiger partial charge is 0.278 e. The van der Waals surface area contributed by atoms with Crippen molar-refractivity contribution in [2.75, 3.05) is 0 Å². The van der Waals surface area contributed by atoms with Gasteiger partial charge in [-0.05, 0) is 17.7 Å². The topological polar surface area (TPSA) is 125 Å². The van der Waals surface area contributed by atoms with Crippen molar-refractivity contribution < 1.29 is 19.9 Å². The van der Waals surface area contributed by atoms with Crippen LogP contribution in [0.2, 0.25) is 0 Å². The SMILES string of the molecule is O=C(NN=Cc1cc(O)ccc1[N+](=O)[O-])C(O)c1ccccc1. The van der Waals surface area contributed by atoms with Crippen LogP contribution >= 0.6 is 0 Å². The first-order valence-corrected chi connectivity index (χ1v) is 6.52. The van der Waals surface area contributed by atoms with E-state index in [9.17, 15) is 25.1 Å². The predicted molar refractivity (Wildman–Crippen MR) is 81.9 cm³/mol. The number of hydrogen-bond donors (Lipinski definition) is 3. The van der Waals surface area contributed by atoms with E-state index in [2.05, 4.69) is 10.5 Å². The number of nitrogens with one attached hydrogen (secondary N) is 1. The average molecular weight is 315 g/mol. The second-order valence-corrected chi connectivity index (χ2v) is 4.55. The molecule has 3 N–H and O–H groups in total. The van der Waals surface area contributed by atoms with Crippen LogP contribution in [-0.2, 0) is 4.79 Å². The van der Waals surface area contributed by atoms with Gasteiger partial charge in [-0.25, -0.2) is 5.43 Å². The van der Waals surface area contributed by atoms with Gasteiger partial charge >= 0.3 is 0 Å². The van der Waals surface area contributed by atoms with E-state index < -0.39 is 16.9 Å². The third kappa shape index (κ3) is 4.11. The fourth-order valence-electron chi connectivity index (χ4n) is 1.82. The first-order chi connectivity index (χ1) is 11.0. The van der Waals surface area contributed by atoms with Gasteiger partial charge in [-0.3, -0.25) is 14.9 Å². The van der Waals surface area contributed by atoms with Gasteiger partial charge in [0.1, 0.15) is 5.75 Å². The van der Waals surface area contributed by atoms with Crippen LogP contribution in [0, 0.1) is 10.1 Å². The summed E-state index contributed by atoms with van der Waals surface area (Å²) in [6.07, 6.45) is -0.388. The lowest BCUT2D eigenvalue weighted by Crippen LogP contribution is -2.25. The van der Waals surface area contributed by atoms with Crippen molar-refractivity contribution in [1.82, 2.24) is 5.43 Å². The second-order valence-electron chi connectivity index (χ2n) is 4.55. The molecule has 2 aromatic carbocycles. The van der Waals surface area contributed by atoms with Gasteiger partial charge in [-0.2, -0.15) is 5.10 Å². The average Bonchev–Trinajstić information content (AvgIpc) is 2.54. The number of nitro benzene ring substituents is 1. The summed E-state index contributed by atoms with van der Waals surface area (Å²) in [5.41, 5.74) is 2.23. The van der Waals surface area contributed by atoms with E-state index >= 15 is 0 Å². The van der Waals surface area contributed by atoms with Crippen molar-refractivity contribution in [3.63, 3.8) is 0 Å². The predicted octanol–water partition coefficient (Wildman–Crippen LogP) is 1.48. The van der Waals surface area contributed by atoms with E-state index in [4.69, 9.17) is 0 Å². The van der Waals surface area contributed by atoms with Crippen molar-refractivity contribution in [1.29, 1.82) is 0 Å². The minimum atomic E-state index is -1.41. The summed E-state index contributed by atoms with van der Waals surface area (Å²) in [7, 11) is 0. The third-order valence-electron chi connectivity index (χ3n) is 2.95. The Balaban J connectivity index is 2.09. The minimum Gasteiger partial charge on any atom is -0.508 e. The largest absolute Gasteiger partial charge is 0.508 e. The molecule has 8 nitrogen and oxygen atoms in total. The Hall–Kier alpha value is -3.26. The molecule has 0 heterocycles. The first kappa shape index (κ1) is 16.1. The molecule has 0 aliphatic rings. The quantitative estimate of drug-likeness (QED) is 0.438. The van der Waals surface area contributed by atoms with E-state index in [0.717, 1.165) is 18.3 Å². The summed E-state index contributed by atoms with van der Waals surface area (Å²) in [5, 5.41) is 33.6. The summed E-state index contributed by atoms with van der Waals surface area (Å²) in [6.45, 7) is 0. The summed E-state index contributed by atoms with van der Waals surface area (Å²) in [4.78, 5) is 22.0. The Kier molecular flexibility index (Phi) is 5.00. The molecule has 0 spiro atoms. The third-order valence-corrected chi connectivity index (χ3v) is 2.95. The fourth-order valence-corrected chi connectivity index (χ4v) is 1.82. The molecule has 118 valence electrons. The maximum atomic E-state index is 11.8. The number of benzene rings is 2. The Morgan fingerprint density at radius 2 is 1.96 bits per heavy atom. The fraction of sp³-hybridized carbons (Fsp3) is 0.0667. The normalized spacial score (nSPS) is 12.0. The number of carbonyl (C=O) groups excluding carboxylic acids is 1. The molecule has 0 aromatic heterocycles. The van der Waals surface area contributed by atoms with Gasteiger partial charge < -0.3 is 10.2 Å². The van der Waals surface area contributed by atoms with Gasteiger partial charge in [0.2, 0.25) is 0 Å². The summed E-state index contributed by atoms with van der Waals surface area (Å²) in [5.74, 6) is -0.956. The molecule has 0 fully saturated rings. The Morgan fingerprint density at radius 3 is 2.61 bits per heavy atom. The van der Waals surface area contributed by atoms with Crippen LogP contribution in [0.1, 0.15) is 17.2 Å². The Morgan fingerprint density at radius 1 is 1.26 bits per heavy atom. The lowest BCUT2D eigenvalue weighted by Gasteiger charge is -2.08. The van der Waals surface area contributed by atoms with Gasteiger partial charge in [0.15, 0.2) is 6.10 Å². The zero-order chi connectivity index (χ0) is 16.8. The van der Waals surface area contributed by atoms with Gasteiger partial charge in [-0.1, -0.05) is 30.3 Å². The molecule has 23 heavy (non-hydrogen) atoms. The van der Waals surface area contributed by atoms with Crippen molar-refractivity contribution in [3.8, 4) is 5.75 Å². The zero-order valence-corrected chi connectivity index (χ0v) is 11.8. The molecule has 1 amide bonds. The molecule has 0 saturated heterocycles. The molecular formula is C15H13N3O5. The van der Waals surface area contributed by atoms with Gasteiger partial charge in [0, 0.05) is 6.07 Å². The van der Waals surface area contributed by atoms with E-state index in [1.54, 1.807) is 30.3 Å². The van der Waals surface area contributed by atoms with E-state index in [0.29, 0.717) is 5.56 Å². The van der Waals surface area contributed by atoms with Crippen LogP contribution in [0.4, 0.5) is 5.69 Å². The summed E-state index contributed by atoms with van der Waals surface area (Å²) >= 11 is 0. The van der Waals surface area contributed by atoms with Crippen LogP contribution < -0.4 is 5.43 Å². The molecule has 8 heteroatoms. The number of carbonyl (C=O) groups is 1. The van der Waals surface area contributed by atoms with Crippen molar-refractivity contribution in [2.45, 2.75) is 6.10 Å². The molecule has 2 rings (SSSR count). The second kappa shape index (κ2) is 7.14. The van der Waals surface area contributed by atoms with Crippen LogP contribution in [0.25, 0.3) is 0 Å². The lowest BCUT2D eigenvalue weighted by molar-refractivity contribution is -0.385. The van der Waals surface area contributed by atoms with Crippen LogP contribution in [-0.4, -0.2) is 27.3 Å². The summed E-state index contributed by atoms with van der Waals surface area (Å²) < 4.78 is 0. The van der Waals surface area contributed by atoms with Crippen LogP contribution in [0.15, 0.2) is 53.6 Å². The molecular weight excluding hydrogens is 302 g/mol. The lowest BCUT2D eigenvalue weighted by atomic mass is 10.1. The number of rotatable bonds is 5. The van der Waals surface area contributed by atoms with Crippen molar-refractivity contribution in [3.05, 3.63) is 69.8 Å². The van der Waals surface area contributed by atoms with Crippen molar-refractivity contribution >= 4 is 17.8 Å². The molecule has 0 saturated carbocycles. The number of aromatic hydroxyl groups is 1. The number of hydrogen-bond acceptors (Lipinski definition) is 6. The zero-order valence-electron chi connectivity index (χ0n) is 11.8. The highest BCUT2D eigenvalue weighted by molar-refractivity contribution is 5.88. The number of aliphatic hydroxyl groups is 1. The number of phenols is 1. The Labute approximate surface area is 130 Å². The molecule has 0 radical (unpaired) electrons. The number of aliphatic hydroxyl groups excluding tert-OH is 1. The van der Waals surface area contributed by atoms with Crippen LogP contribution in [0.5, 0.6) is 5.75 Å². The van der Waals surface area contributed by atoms with Gasteiger partial charge in [-0.15, -0.1) is 0 Å². The number of hydrazone groups is 1. The number of nitrogens with zero attached hydrogens (tertiary/aromatic N) is 2. The number of nitro groups is 1. The molecule has 0 aliphatic carbocycles. The Bertz CT molecular complexity index is 746. The maximum absolute atomic E-state index is 11.8. The highest BCUT2D eigenvalue weighted by Gasteiger charge is 2.16. The summed E-state index contributed by atoms with van der Waals surface area (Å²) in [6, 6.07) is 11.7. The van der Waals surface area contributed by atoms with E-state index in [1.807, 2.05) is 0 Å². The number of amides is 1. The van der Waals surface area contributed by atoms with E-state index in [1.165, 1.54) is 6.07 Å². The van der Waals surface area contributed by atoms with E-state index in [-0.39, 0.29) is 17.0 Å². The highest BCUT2D eigenvalue weighted by Crippen LogP contribution is 2.21. The monoisotopic (exact) mass is 315 g/mol. The van der Waals surface area contributed by atoms with Crippen molar-refractivity contribution in [2.24, 2.45) is 5.10 Å². The van der Waals surface area contributed by atoms with Crippen LogP contribution in [0.3, 0.4) is 0 Å². The standard InChI is InChI=1S/C15H13N3O5/c19-12-6-7-13(18(22)23)11(8-12)9-16-17-15(21)14(20)10-4-2-1-3-5-10/h1-9,14,19-20H,(H,17,21).